The smallest absolute Gasteiger partial charge is 0.109 e. The van der Waals surface area contributed by atoms with Crippen molar-refractivity contribution >= 4 is 11.3 Å². The summed E-state index contributed by atoms with van der Waals surface area (Å²) in [5.74, 6) is 1.19. The van der Waals surface area contributed by atoms with Gasteiger partial charge in [0.15, 0.2) is 0 Å². The standard InChI is InChI=1S/C31H34N5O.Pt/c1-21-22(2)36-28(33-21)17-24(31(6,7)27-16-23(12-13-32-27)30(3,4)5)18-29(36)37-26-11-9-10-25(19-26)35-15-14-34(8)20-35;/h9-17,20H,1-8H3;/q-3;. The zero-order valence-electron chi connectivity index (χ0n) is 23.2. The molecule has 7 heteroatoms. The number of imidazole rings is 1. The number of aromatic nitrogens is 3. The first-order chi connectivity index (χ1) is 17.4. The number of anilines is 1. The Morgan fingerprint density at radius 1 is 0.974 bits per heavy atom. The van der Waals surface area contributed by atoms with Crippen LogP contribution in [-0.2, 0) is 31.9 Å². The Balaban J connectivity index is 0.00000336. The zero-order chi connectivity index (χ0) is 26.5. The quantitative estimate of drug-likeness (QED) is 0.219. The summed E-state index contributed by atoms with van der Waals surface area (Å²) in [4.78, 5) is 13.6. The first-order valence-electron chi connectivity index (χ1n) is 12.6. The molecule has 1 aromatic carbocycles. The topological polar surface area (TPSA) is 45.9 Å². The maximum absolute atomic E-state index is 6.48. The van der Waals surface area contributed by atoms with Crippen LogP contribution in [0.5, 0.6) is 11.6 Å². The van der Waals surface area contributed by atoms with Gasteiger partial charge in [0.25, 0.3) is 0 Å². The number of hydrogen-bond acceptors (Lipinski definition) is 5. The molecule has 0 spiro atoms. The first kappa shape index (κ1) is 27.9. The minimum Gasteiger partial charge on any atom is -0.510 e. The molecule has 6 nitrogen and oxygen atoms in total. The molecule has 0 saturated carbocycles. The van der Waals surface area contributed by atoms with Crippen molar-refractivity contribution in [1.29, 1.82) is 0 Å². The SMILES string of the molecule is Cc1nc2cc(C(C)(C)c3cc(C(C)(C)C)ccn3)[c-]c(Oc3[c-]c(N4C=CN(C)[CH-]4)ccc3)n2c1C.[Pt]. The van der Waals surface area contributed by atoms with Gasteiger partial charge in [0, 0.05) is 44.4 Å². The van der Waals surface area contributed by atoms with Crippen molar-refractivity contribution in [3.05, 3.63) is 102 Å². The summed E-state index contributed by atoms with van der Waals surface area (Å²) in [5.41, 5.74) is 6.52. The molecule has 38 heavy (non-hydrogen) atoms. The molecule has 0 bridgehead atoms. The van der Waals surface area contributed by atoms with Gasteiger partial charge in [-0.15, -0.1) is 23.9 Å². The molecule has 0 amide bonds. The summed E-state index contributed by atoms with van der Waals surface area (Å²) >= 11 is 0. The van der Waals surface area contributed by atoms with Gasteiger partial charge < -0.3 is 14.5 Å². The van der Waals surface area contributed by atoms with E-state index in [1.165, 1.54) is 5.56 Å². The van der Waals surface area contributed by atoms with E-state index >= 15 is 0 Å². The number of hydrogen-bond donors (Lipinski definition) is 0. The number of fused-ring (bicyclic) bond motifs is 1. The van der Waals surface area contributed by atoms with Gasteiger partial charge in [-0.3, -0.25) is 14.4 Å². The van der Waals surface area contributed by atoms with Crippen LogP contribution in [0.4, 0.5) is 5.69 Å². The number of aryl methyl sites for hydroxylation is 2. The van der Waals surface area contributed by atoms with E-state index in [0.717, 1.165) is 34.0 Å². The molecule has 4 heterocycles. The Labute approximate surface area is 240 Å². The van der Waals surface area contributed by atoms with E-state index in [2.05, 4.69) is 71.9 Å². The third kappa shape index (κ3) is 5.24. The summed E-state index contributed by atoms with van der Waals surface area (Å²) in [6, 6.07) is 19.3. The van der Waals surface area contributed by atoms with Crippen molar-refractivity contribution in [2.24, 2.45) is 0 Å². The summed E-state index contributed by atoms with van der Waals surface area (Å²) in [5, 5.41) is 0. The Morgan fingerprint density at radius 3 is 2.42 bits per heavy atom. The van der Waals surface area contributed by atoms with Crippen molar-refractivity contribution in [3.8, 4) is 11.6 Å². The number of pyridine rings is 2. The van der Waals surface area contributed by atoms with Crippen LogP contribution < -0.4 is 9.64 Å². The van der Waals surface area contributed by atoms with Gasteiger partial charge in [0.05, 0.1) is 11.3 Å². The summed E-state index contributed by atoms with van der Waals surface area (Å²) in [7, 11) is 1.99. The van der Waals surface area contributed by atoms with Gasteiger partial charge >= 0.3 is 0 Å². The molecule has 0 radical (unpaired) electrons. The van der Waals surface area contributed by atoms with E-state index in [1.54, 1.807) is 0 Å². The van der Waals surface area contributed by atoms with E-state index in [9.17, 15) is 0 Å². The second kappa shape index (κ2) is 10.2. The minimum atomic E-state index is -0.416. The minimum absolute atomic E-state index is 0. The molecule has 0 N–H and O–H groups in total. The van der Waals surface area contributed by atoms with Crippen LogP contribution in [0, 0.1) is 32.6 Å². The van der Waals surface area contributed by atoms with Crippen molar-refractivity contribution < 1.29 is 25.8 Å². The van der Waals surface area contributed by atoms with E-state index in [1.807, 2.05) is 71.6 Å². The van der Waals surface area contributed by atoms with Crippen molar-refractivity contribution in [1.82, 2.24) is 19.3 Å². The fraction of sp³-hybridized carbons (Fsp3) is 0.323. The molecule has 1 aliphatic heterocycles. The molecule has 0 aliphatic carbocycles. The van der Waals surface area contributed by atoms with Gasteiger partial charge in [0.1, 0.15) is 5.88 Å². The van der Waals surface area contributed by atoms with E-state index < -0.39 is 5.41 Å². The Morgan fingerprint density at radius 2 is 1.74 bits per heavy atom. The molecular weight excluding hydrogens is 653 g/mol. The fourth-order valence-electron chi connectivity index (χ4n) is 4.45. The summed E-state index contributed by atoms with van der Waals surface area (Å²) in [6.07, 6.45) is 5.88. The average Bonchev–Trinajstić information content (AvgIpc) is 3.41. The van der Waals surface area contributed by atoms with E-state index in [4.69, 9.17) is 14.7 Å². The Kier molecular flexibility index (Phi) is 7.51. The molecule has 0 saturated heterocycles. The van der Waals surface area contributed by atoms with Crippen molar-refractivity contribution in [2.75, 3.05) is 11.9 Å². The number of ether oxygens (including phenoxy) is 1. The van der Waals surface area contributed by atoms with E-state index in [-0.39, 0.29) is 26.5 Å². The molecule has 202 valence electrons. The second-order valence-corrected chi connectivity index (χ2v) is 11.3. The molecule has 4 aromatic rings. The first-order valence-corrected chi connectivity index (χ1v) is 12.6. The maximum Gasteiger partial charge on any atom is 0.109 e. The fourth-order valence-corrected chi connectivity index (χ4v) is 4.45. The number of benzene rings is 1. The van der Waals surface area contributed by atoms with Crippen LogP contribution >= 0.6 is 0 Å². The molecular formula is C31H34N5OPt-3. The van der Waals surface area contributed by atoms with Gasteiger partial charge in [-0.05, 0) is 61.8 Å². The third-order valence-corrected chi connectivity index (χ3v) is 7.03. The van der Waals surface area contributed by atoms with Crippen LogP contribution in [0.15, 0.2) is 55.0 Å². The van der Waals surface area contributed by atoms with Crippen molar-refractivity contribution in [3.63, 3.8) is 0 Å². The van der Waals surface area contributed by atoms with Crippen LogP contribution in [0.2, 0.25) is 0 Å². The van der Waals surface area contributed by atoms with Crippen LogP contribution in [0.1, 0.15) is 62.8 Å². The van der Waals surface area contributed by atoms with Gasteiger partial charge in [0.2, 0.25) is 0 Å². The van der Waals surface area contributed by atoms with Crippen LogP contribution in [-0.4, -0.2) is 26.3 Å². The Bertz CT molecular complexity index is 1500. The predicted molar refractivity (Wildman–Crippen MR) is 148 cm³/mol. The van der Waals surface area contributed by atoms with Gasteiger partial charge in [-0.25, -0.2) is 0 Å². The zero-order valence-corrected chi connectivity index (χ0v) is 25.5. The van der Waals surface area contributed by atoms with Gasteiger partial charge in [-0.2, -0.15) is 30.4 Å². The molecule has 0 fully saturated rings. The van der Waals surface area contributed by atoms with Crippen LogP contribution in [0.3, 0.4) is 0 Å². The monoisotopic (exact) mass is 687 g/mol. The number of nitrogens with zero attached hydrogens (tertiary/aromatic N) is 5. The van der Waals surface area contributed by atoms with Crippen LogP contribution in [0.25, 0.3) is 5.65 Å². The normalized spacial score (nSPS) is 13.8. The largest absolute Gasteiger partial charge is 0.510 e. The van der Waals surface area contributed by atoms with Gasteiger partial charge in [-0.1, -0.05) is 34.6 Å². The number of rotatable bonds is 5. The molecule has 0 atom stereocenters. The molecule has 5 rings (SSSR count). The average molecular weight is 688 g/mol. The third-order valence-electron chi connectivity index (χ3n) is 7.03. The predicted octanol–water partition coefficient (Wildman–Crippen LogP) is 6.70. The summed E-state index contributed by atoms with van der Waals surface area (Å²) < 4.78 is 8.49. The maximum atomic E-state index is 6.48. The van der Waals surface area contributed by atoms with E-state index in [0.29, 0.717) is 11.6 Å². The van der Waals surface area contributed by atoms with Crippen molar-refractivity contribution in [2.45, 2.75) is 59.3 Å². The molecule has 1 aliphatic rings. The second-order valence-electron chi connectivity index (χ2n) is 11.3. The Hall–Kier alpha value is -3.11. The summed E-state index contributed by atoms with van der Waals surface area (Å²) in [6.45, 7) is 17.1. The molecule has 0 unspecified atom stereocenters. The molecule has 3 aromatic heterocycles.